The fourth-order valence-electron chi connectivity index (χ4n) is 3.56. The molecule has 0 saturated carbocycles. The van der Waals surface area contributed by atoms with Crippen LogP contribution in [0.5, 0.6) is 0 Å². The van der Waals surface area contributed by atoms with Gasteiger partial charge in [-0.2, -0.15) is 14.4 Å². The van der Waals surface area contributed by atoms with Gasteiger partial charge in [0.25, 0.3) is 17.2 Å². The van der Waals surface area contributed by atoms with Gasteiger partial charge in [0.2, 0.25) is 12.2 Å². The Morgan fingerprint density at radius 1 is 1.26 bits per heavy atom. The lowest BCUT2D eigenvalue weighted by molar-refractivity contribution is -0.445. The molecule has 3 amide bonds. The molecule has 162 valence electrons. The molecule has 3 aliphatic heterocycles. The number of nitro benzene ring substituents is 1. The van der Waals surface area contributed by atoms with Crippen LogP contribution in [0.2, 0.25) is 0 Å². The summed E-state index contributed by atoms with van der Waals surface area (Å²) < 4.78 is 6.43. The van der Waals surface area contributed by atoms with Gasteiger partial charge in [-0.25, -0.2) is 0 Å². The van der Waals surface area contributed by atoms with Crippen molar-refractivity contribution in [3.8, 4) is 0 Å². The van der Waals surface area contributed by atoms with Crippen molar-refractivity contribution in [2.45, 2.75) is 31.1 Å². The van der Waals surface area contributed by atoms with Gasteiger partial charge in [-0.1, -0.05) is 0 Å². The number of amidine groups is 1. The number of fused-ring (bicyclic) bond motifs is 1. The molecule has 31 heavy (non-hydrogen) atoms. The molecular formula is C17H17N6O8+. The lowest BCUT2D eigenvalue weighted by atomic mass is 10.1. The van der Waals surface area contributed by atoms with Gasteiger partial charge in [0, 0.05) is 12.1 Å². The van der Waals surface area contributed by atoms with Gasteiger partial charge in [0.05, 0.1) is 11.5 Å². The van der Waals surface area contributed by atoms with E-state index in [4.69, 9.17) is 10.1 Å². The predicted molar refractivity (Wildman–Crippen MR) is 100 cm³/mol. The second-order valence-corrected chi connectivity index (χ2v) is 6.98. The molecule has 0 bridgehead atoms. The molecule has 5 N–H and O–H groups in total. The van der Waals surface area contributed by atoms with Crippen molar-refractivity contribution in [1.29, 1.82) is 5.41 Å². The maximum absolute atomic E-state index is 13.2. The molecule has 0 aliphatic carbocycles. The number of aliphatic hydroxyl groups excluding tert-OH is 3. The van der Waals surface area contributed by atoms with E-state index in [1.807, 2.05) is 0 Å². The summed E-state index contributed by atoms with van der Waals surface area (Å²) in [5, 5.41) is 50.4. The summed E-state index contributed by atoms with van der Waals surface area (Å²) in [6.45, 7) is -0.792. The van der Waals surface area contributed by atoms with Gasteiger partial charge in [-0.05, 0) is 17.7 Å². The van der Waals surface area contributed by atoms with E-state index in [1.165, 1.54) is 24.3 Å². The third-order valence-electron chi connectivity index (χ3n) is 5.07. The molecule has 0 spiro atoms. The number of aliphatic imine (C=N–C) groups is 1. The highest BCUT2D eigenvalue weighted by Crippen LogP contribution is 2.28. The molecular weight excluding hydrogens is 416 g/mol. The molecule has 3 heterocycles. The van der Waals surface area contributed by atoms with Crippen LogP contribution in [0, 0.1) is 15.5 Å². The minimum atomic E-state index is -1.61. The van der Waals surface area contributed by atoms with Crippen molar-refractivity contribution in [2.75, 3.05) is 6.61 Å². The normalized spacial score (nSPS) is 28.0. The second-order valence-electron chi connectivity index (χ2n) is 6.98. The summed E-state index contributed by atoms with van der Waals surface area (Å²) in [7, 11) is 0. The number of rotatable bonds is 5. The number of urea groups is 1. The summed E-state index contributed by atoms with van der Waals surface area (Å²) in [4.78, 5) is 40.7. The number of amides is 3. The summed E-state index contributed by atoms with van der Waals surface area (Å²) in [6.07, 6.45) is -5.73. The number of hydrogen-bond acceptors (Lipinski definition) is 9. The number of guanidine groups is 1. The third kappa shape index (κ3) is 3.36. The molecule has 0 aromatic heterocycles. The number of aliphatic hydroxyl groups is 3. The van der Waals surface area contributed by atoms with Gasteiger partial charge in [-0.3, -0.25) is 25.6 Å². The van der Waals surface area contributed by atoms with Crippen molar-refractivity contribution >= 4 is 35.1 Å². The van der Waals surface area contributed by atoms with E-state index in [1.54, 1.807) is 0 Å². The number of nitro groups is 1. The highest BCUT2D eigenvalue weighted by molar-refractivity contribution is 6.70. The van der Waals surface area contributed by atoms with E-state index in [0.29, 0.717) is 5.56 Å². The monoisotopic (exact) mass is 433 g/mol. The number of carbonyl (C=O) groups excluding carboxylic acids is 2. The summed E-state index contributed by atoms with van der Waals surface area (Å²) in [5.41, 5.74) is 0.0998. The summed E-state index contributed by atoms with van der Waals surface area (Å²) in [6, 6.07) is 4.50. The number of non-ortho nitro benzene ring substituents is 1. The summed E-state index contributed by atoms with van der Waals surface area (Å²) in [5.74, 6) is -1.58. The van der Waals surface area contributed by atoms with E-state index in [2.05, 4.69) is 10.3 Å². The average molecular weight is 433 g/mol. The molecule has 4 atom stereocenters. The Hall–Kier alpha value is -3.59. The Labute approximate surface area is 173 Å². The van der Waals surface area contributed by atoms with Crippen LogP contribution in [-0.4, -0.2) is 90.3 Å². The van der Waals surface area contributed by atoms with Crippen molar-refractivity contribution < 1.29 is 39.1 Å². The zero-order valence-electron chi connectivity index (χ0n) is 15.7. The molecule has 1 aromatic rings. The maximum Gasteiger partial charge on any atom is 0.503 e. The predicted octanol–water partition coefficient (Wildman–Crippen LogP) is -2.11. The standard InChI is InChI=1S/C17H16N6O8/c18-16-19-13-10(14(27)20-16)21(5-7-1-3-8(4-2-7)23(29)30)17(28)22(13)15-12(26)11(25)9(6-24)31-15/h1-4,9,11-12,15,24-26H,5-6H2,(H-,18,20,27)/p+1/t9-,11-,12-,15-/m1/s1. The molecule has 3 aliphatic rings. The van der Waals surface area contributed by atoms with Crippen molar-refractivity contribution in [3.05, 3.63) is 39.9 Å². The van der Waals surface area contributed by atoms with Gasteiger partial charge in [-0.15, -0.1) is 4.90 Å². The molecule has 0 radical (unpaired) electrons. The van der Waals surface area contributed by atoms with Gasteiger partial charge in [0.1, 0.15) is 24.9 Å². The van der Waals surface area contributed by atoms with Crippen molar-refractivity contribution in [1.82, 2.24) is 10.2 Å². The topological polar surface area (TPSA) is 202 Å². The van der Waals surface area contributed by atoms with E-state index in [0.717, 1.165) is 9.48 Å². The molecule has 4 rings (SSSR count). The van der Waals surface area contributed by atoms with Crippen LogP contribution < -0.4 is 5.32 Å². The quantitative estimate of drug-likeness (QED) is 0.197. The first kappa shape index (κ1) is 20.7. The second kappa shape index (κ2) is 7.59. The first-order chi connectivity index (χ1) is 14.7. The minimum absolute atomic E-state index is 0.150. The van der Waals surface area contributed by atoms with Crippen LogP contribution in [0.3, 0.4) is 0 Å². The lowest BCUT2D eigenvalue weighted by Gasteiger charge is -2.20. The fraction of sp³-hybridized carbons (Fsp3) is 0.353. The first-order valence-electron chi connectivity index (χ1n) is 9.05. The highest BCUT2D eigenvalue weighted by atomic mass is 16.6. The zero-order chi connectivity index (χ0) is 22.4. The zero-order valence-corrected chi connectivity index (χ0v) is 15.7. The van der Waals surface area contributed by atoms with Crippen LogP contribution >= 0.6 is 0 Å². The van der Waals surface area contributed by atoms with Gasteiger partial charge >= 0.3 is 11.9 Å². The molecule has 0 unspecified atom stereocenters. The molecule has 1 aromatic carbocycles. The largest absolute Gasteiger partial charge is 0.503 e. The smallest absolute Gasteiger partial charge is 0.394 e. The first-order valence-corrected chi connectivity index (χ1v) is 9.05. The maximum atomic E-state index is 13.2. The Morgan fingerprint density at radius 3 is 2.52 bits per heavy atom. The molecule has 14 heteroatoms. The Bertz CT molecular complexity index is 1050. The van der Waals surface area contributed by atoms with Crippen LogP contribution in [-0.2, 0) is 16.1 Å². The number of nitrogens with zero attached hydrogens (tertiary/aromatic N) is 4. The third-order valence-corrected chi connectivity index (χ3v) is 5.07. The summed E-state index contributed by atoms with van der Waals surface area (Å²) >= 11 is 0. The van der Waals surface area contributed by atoms with E-state index >= 15 is 0 Å². The highest BCUT2D eigenvalue weighted by Gasteiger charge is 2.60. The van der Waals surface area contributed by atoms with Crippen LogP contribution in [0.15, 0.2) is 29.3 Å². The number of benzene rings is 1. The van der Waals surface area contributed by atoms with E-state index in [-0.39, 0.29) is 23.8 Å². The number of hydrogen-bond donors (Lipinski definition) is 5. The lowest BCUT2D eigenvalue weighted by Crippen LogP contribution is -2.53. The van der Waals surface area contributed by atoms with Gasteiger partial charge in [0.15, 0.2) is 0 Å². The SMILES string of the molecule is N=C1N=C2C(=[N+](Cc3ccc([N+](=O)[O-])cc3)C(=O)N2[C@@H]2O[C@H](CO)[C@@H](O)[C@H]2O)C(=O)N1. The van der Waals surface area contributed by atoms with E-state index in [9.17, 15) is 35.0 Å². The molecule has 14 nitrogen and oxygen atoms in total. The fourth-order valence-corrected chi connectivity index (χ4v) is 3.56. The number of ether oxygens (including phenoxy) is 1. The number of nitrogens with one attached hydrogen (secondary N) is 2. The average Bonchev–Trinajstić information content (AvgIpc) is 3.16. The molecule has 1 fully saturated rings. The Balaban J connectivity index is 1.72. The van der Waals surface area contributed by atoms with Crippen LogP contribution in [0.1, 0.15) is 5.56 Å². The van der Waals surface area contributed by atoms with E-state index < -0.39 is 54.0 Å². The van der Waals surface area contributed by atoms with Crippen molar-refractivity contribution in [2.24, 2.45) is 4.99 Å². The van der Waals surface area contributed by atoms with Crippen LogP contribution in [0.25, 0.3) is 0 Å². The van der Waals surface area contributed by atoms with Crippen LogP contribution in [0.4, 0.5) is 10.5 Å². The molecule has 1 saturated heterocycles. The Morgan fingerprint density at radius 2 is 1.94 bits per heavy atom. The minimum Gasteiger partial charge on any atom is -0.394 e. The number of carbonyl (C=O) groups is 2. The Kier molecular flexibility index (Phi) is 5.06. The van der Waals surface area contributed by atoms with Crippen molar-refractivity contribution in [3.63, 3.8) is 0 Å². The van der Waals surface area contributed by atoms with Gasteiger partial charge < -0.3 is 20.1 Å².